The van der Waals surface area contributed by atoms with Gasteiger partial charge < -0.3 is 4.74 Å². The monoisotopic (exact) mass is 142 g/mol. The van der Waals surface area contributed by atoms with Crippen molar-refractivity contribution in [1.82, 2.24) is 0 Å². The van der Waals surface area contributed by atoms with Crippen LogP contribution in [0.3, 0.4) is 0 Å². The second-order valence-electron chi connectivity index (χ2n) is 3.78. The number of Topliss-reactive ketones (excluding diaryl/α,β-unsaturated/α-hetero) is 1. The van der Waals surface area contributed by atoms with Gasteiger partial charge in [-0.15, -0.1) is 0 Å². The molecule has 58 valence electrons. The Kier molecular flexibility index (Phi) is 1.82. The first-order chi connectivity index (χ1) is 4.51. The van der Waals surface area contributed by atoms with E-state index in [2.05, 4.69) is 13.8 Å². The molecule has 10 heavy (non-hydrogen) atoms. The highest BCUT2D eigenvalue weighted by Crippen LogP contribution is 2.31. The van der Waals surface area contributed by atoms with Gasteiger partial charge >= 0.3 is 0 Å². The average molecular weight is 142 g/mol. The standard InChI is InChI=1S/C8H14O2/c1-6(9)7-4-8(2,3)5-10-7/h7H,4-5H2,1-3H3/t7-/m1/s1. The quantitative estimate of drug-likeness (QED) is 0.553. The molecule has 0 aromatic carbocycles. The van der Waals surface area contributed by atoms with Crippen LogP contribution in [0.5, 0.6) is 0 Å². The summed E-state index contributed by atoms with van der Waals surface area (Å²) in [5.74, 6) is 0.158. The van der Waals surface area contributed by atoms with Crippen molar-refractivity contribution in [3.05, 3.63) is 0 Å². The highest BCUT2D eigenvalue weighted by molar-refractivity contribution is 5.80. The van der Waals surface area contributed by atoms with Crippen LogP contribution in [0.1, 0.15) is 27.2 Å². The van der Waals surface area contributed by atoms with E-state index in [9.17, 15) is 4.79 Å². The summed E-state index contributed by atoms with van der Waals surface area (Å²) in [5.41, 5.74) is 0.205. The molecular formula is C8H14O2. The molecule has 0 saturated carbocycles. The van der Waals surface area contributed by atoms with Gasteiger partial charge in [-0.25, -0.2) is 0 Å². The van der Waals surface area contributed by atoms with Crippen molar-refractivity contribution < 1.29 is 9.53 Å². The summed E-state index contributed by atoms with van der Waals surface area (Å²) in [5, 5.41) is 0. The van der Waals surface area contributed by atoms with Crippen LogP contribution in [0.4, 0.5) is 0 Å². The molecule has 1 saturated heterocycles. The first-order valence-electron chi connectivity index (χ1n) is 3.63. The predicted octanol–water partition coefficient (Wildman–Crippen LogP) is 1.39. The second-order valence-corrected chi connectivity index (χ2v) is 3.78. The topological polar surface area (TPSA) is 26.3 Å². The number of carbonyl (C=O) groups is 1. The zero-order chi connectivity index (χ0) is 7.78. The van der Waals surface area contributed by atoms with Crippen LogP contribution in [0.2, 0.25) is 0 Å². The zero-order valence-electron chi connectivity index (χ0n) is 6.81. The molecule has 0 amide bonds. The van der Waals surface area contributed by atoms with Crippen molar-refractivity contribution in [3.63, 3.8) is 0 Å². The molecule has 1 heterocycles. The molecule has 0 aliphatic carbocycles. The molecule has 1 aliphatic rings. The van der Waals surface area contributed by atoms with E-state index in [1.54, 1.807) is 6.92 Å². The summed E-state index contributed by atoms with van der Waals surface area (Å²) in [6.45, 7) is 6.55. The van der Waals surface area contributed by atoms with Gasteiger partial charge in [0.25, 0.3) is 0 Å². The minimum atomic E-state index is -0.130. The number of hydrogen-bond acceptors (Lipinski definition) is 2. The summed E-state index contributed by atoms with van der Waals surface area (Å²) in [7, 11) is 0. The van der Waals surface area contributed by atoms with Crippen LogP contribution in [0.25, 0.3) is 0 Å². The van der Waals surface area contributed by atoms with Crippen molar-refractivity contribution >= 4 is 5.78 Å². The lowest BCUT2D eigenvalue weighted by Gasteiger charge is -2.12. The third kappa shape index (κ3) is 1.57. The number of hydrogen-bond donors (Lipinski definition) is 0. The molecule has 1 atom stereocenters. The number of rotatable bonds is 1. The highest BCUT2D eigenvalue weighted by atomic mass is 16.5. The van der Waals surface area contributed by atoms with Crippen LogP contribution in [-0.2, 0) is 9.53 Å². The molecule has 0 unspecified atom stereocenters. The van der Waals surface area contributed by atoms with Crippen LogP contribution in [0.15, 0.2) is 0 Å². The molecule has 0 aromatic rings. The Hall–Kier alpha value is -0.370. The summed E-state index contributed by atoms with van der Waals surface area (Å²) < 4.78 is 5.28. The zero-order valence-corrected chi connectivity index (χ0v) is 6.81. The first kappa shape index (κ1) is 7.73. The minimum Gasteiger partial charge on any atom is -0.370 e. The molecule has 2 heteroatoms. The largest absolute Gasteiger partial charge is 0.370 e. The Morgan fingerprint density at radius 2 is 2.20 bits per heavy atom. The van der Waals surface area contributed by atoms with Crippen LogP contribution in [-0.4, -0.2) is 18.5 Å². The lowest BCUT2D eigenvalue weighted by molar-refractivity contribution is -0.125. The van der Waals surface area contributed by atoms with E-state index in [0.717, 1.165) is 13.0 Å². The van der Waals surface area contributed by atoms with Crippen molar-refractivity contribution in [2.75, 3.05) is 6.61 Å². The van der Waals surface area contributed by atoms with Crippen LogP contribution >= 0.6 is 0 Å². The lowest BCUT2D eigenvalue weighted by Crippen LogP contribution is -2.16. The molecular weight excluding hydrogens is 128 g/mol. The van der Waals surface area contributed by atoms with Crippen molar-refractivity contribution in [3.8, 4) is 0 Å². The highest BCUT2D eigenvalue weighted by Gasteiger charge is 2.34. The number of ether oxygens (including phenoxy) is 1. The fourth-order valence-electron chi connectivity index (χ4n) is 1.21. The van der Waals surface area contributed by atoms with Crippen molar-refractivity contribution in [2.45, 2.75) is 33.3 Å². The first-order valence-corrected chi connectivity index (χ1v) is 3.63. The van der Waals surface area contributed by atoms with Gasteiger partial charge in [0.1, 0.15) is 6.10 Å². The minimum absolute atomic E-state index is 0.130. The van der Waals surface area contributed by atoms with Crippen LogP contribution < -0.4 is 0 Å². The lowest BCUT2D eigenvalue weighted by atomic mass is 9.90. The van der Waals surface area contributed by atoms with E-state index in [0.29, 0.717) is 0 Å². The Morgan fingerprint density at radius 3 is 2.40 bits per heavy atom. The average Bonchev–Trinajstić information content (AvgIpc) is 2.10. The van der Waals surface area contributed by atoms with E-state index >= 15 is 0 Å². The summed E-state index contributed by atoms with van der Waals surface area (Å²) in [4.78, 5) is 10.8. The molecule has 0 spiro atoms. The predicted molar refractivity (Wildman–Crippen MR) is 38.8 cm³/mol. The van der Waals surface area contributed by atoms with E-state index < -0.39 is 0 Å². The Bertz CT molecular complexity index is 149. The summed E-state index contributed by atoms with van der Waals surface area (Å²) in [6, 6.07) is 0. The maximum absolute atomic E-state index is 10.8. The fourth-order valence-corrected chi connectivity index (χ4v) is 1.21. The van der Waals surface area contributed by atoms with E-state index in [1.807, 2.05) is 0 Å². The third-order valence-corrected chi connectivity index (χ3v) is 1.87. The molecule has 0 bridgehead atoms. The smallest absolute Gasteiger partial charge is 0.158 e. The normalized spacial score (nSPS) is 30.5. The van der Waals surface area contributed by atoms with Gasteiger partial charge in [-0.3, -0.25) is 4.79 Å². The maximum atomic E-state index is 10.8. The van der Waals surface area contributed by atoms with Gasteiger partial charge in [0.05, 0.1) is 6.61 Å². The molecule has 0 aromatic heterocycles. The van der Waals surface area contributed by atoms with Gasteiger partial charge in [-0.2, -0.15) is 0 Å². The van der Waals surface area contributed by atoms with Crippen molar-refractivity contribution in [2.24, 2.45) is 5.41 Å². The van der Waals surface area contributed by atoms with Gasteiger partial charge in [0.15, 0.2) is 5.78 Å². The van der Waals surface area contributed by atoms with Crippen molar-refractivity contribution in [1.29, 1.82) is 0 Å². The second kappa shape index (κ2) is 2.35. The molecule has 1 rings (SSSR count). The number of carbonyl (C=O) groups excluding carboxylic acids is 1. The number of ketones is 1. The summed E-state index contributed by atoms with van der Waals surface area (Å²) >= 11 is 0. The van der Waals surface area contributed by atoms with E-state index in [4.69, 9.17) is 4.74 Å². The SMILES string of the molecule is CC(=O)[C@H]1CC(C)(C)CO1. The van der Waals surface area contributed by atoms with Gasteiger partial charge in [-0.1, -0.05) is 13.8 Å². The van der Waals surface area contributed by atoms with E-state index in [1.165, 1.54) is 0 Å². The van der Waals surface area contributed by atoms with Crippen LogP contribution in [0, 0.1) is 5.41 Å². The fraction of sp³-hybridized carbons (Fsp3) is 0.875. The van der Waals surface area contributed by atoms with E-state index in [-0.39, 0.29) is 17.3 Å². The third-order valence-electron chi connectivity index (χ3n) is 1.87. The Balaban J connectivity index is 2.51. The van der Waals surface area contributed by atoms with Gasteiger partial charge in [0.2, 0.25) is 0 Å². The van der Waals surface area contributed by atoms with Gasteiger partial charge in [0, 0.05) is 0 Å². The molecule has 0 N–H and O–H groups in total. The van der Waals surface area contributed by atoms with Gasteiger partial charge in [-0.05, 0) is 18.8 Å². The molecule has 2 nitrogen and oxygen atoms in total. The maximum Gasteiger partial charge on any atom is 0.158 e. The Labute approximate surface area is 61.6 Å². The molecule has 0 radical (unpaired) electrons. The summed E-state index contributed by atoms with van der Waals surface area (Å²) in [6.07, 6.45) is 0.748. The Morgan fingerprint density at radius 1 is 1.60 bits per heavy atom. The molecule has 1 aliphatic heterocycles. The molecule has 1 fully saturated rings.